The number of aliphatic carboxylic acids is 1. The fraction of sp³-hybridized carbons (Fsp3) is 0.325. The number of alkyl halides is 6. The Hall–Kier alpha value is -5.53. The molecule has 0 radical (unpaired) electrons. The van der Waals surface area contributed by atoms with Crippen molar-refractivity contribution in [3.63, 3.8) is 0 Å². The molecule has 0 spiro atoms. The molecule has 1 heterocycles. The lowest BCUT2D eigenvalue weighted by molar-refractivity contribution is -0.145. The molecule has 2 N–H and O–H groups in total. The van der Waals surface area contributed by atoms with Crippen LogP contribution in [0.25, 0.3) is 0 Å². The van der Waals surface area contributed by atoms with E-state index in [0.717, 1.165) is 55.5 Å². The molecule has 1 aliphatic heterocycles. The summed E-state index contributed by atoms with van der Waals surface area (Å²) in [6.07, 6.45) is -4.92. The Morgan fingerprint density at radius 2 is 1.22 bits per heavy atom. The first-order valence-electron chi connectivity index (χ1n) is 17.4. The topological polar surface area (TPSA) is 105 Å². The number of rotatable bonds is 11. The normalized spacial score (nSPS) is 16.7. The Morgan fingerprint density at radius 3 is 1.74 bits per heavy atom. The van der Waals surface area contributed by atoms with Crippen molar-refractivity contribution in [2.45, 2.75) is 75.9 Å². The summed E-state index contributed by atoms with van der Waals surface area (Å²) in [7, 11) is 0. The number of carbonyl (C=O) groups is 3. The first kappa shape index (κ1) is 38.2. The maximum Gasteiger partial charge on any atom is 0.416 e. The fourth-order valence-electron chi connectivity index (χ4n) is 6.79. The Labute approximate surface area is 306 Å². The first-order valence-corrected chi connectivity index (χ1v) is 17.4. The monoisotopic (exact) mass is 754 g/mol. The molecule has 0 saturated heterocycles. The lowest BCUT2D eigenvalue weighted by atomic mass is 9.91. The molecule has 1 aliphatic carbocycles. The molecule has 0 unspecified atom stereocenters. The number of nitrogens with zero attached hydrogens (tertiary/aromatic N) is 1. The van der Waals surface area contributed by atoms with Crippen LogP contribution in [0.1, 0.15) is 59.9 Å². The van der Waals surface area contributed by atoms with E-state index in [9.17, 15) is 45.8 Å². The number of carboxylic acid groups (broad SMARTS) is 1. The molecule has 0 aromatic heterocycles. The van der Waals surface area contributed by atoms with Crippen molar-refractivity contribution >= 4 is 17.8 Å². The van der Waals surface area contributed by atoms with Crippen molar-refractivity contribution in [3.05, 3.63) is 119 Å². The summed E-state index contributed by atoms with van der Waals surface area (Å²) in [6, 6.07) is 17.3. The standard InChI is InChI=1S/C40H36F6N2O6/c41-39(42,43)28-8-15-31(16-9-28)53-30-12-5-25(6-13-30)19-34(38(51)52)47-37(50)35-22-26-7-14-33(54-32-17-10-29(11-18-32)40(44,45)46)21-27(26)23-48(35)36(49)20-24-3-1-2-4-24/h5-18,21,24,34-35H,1-4,19-20,22-23H2,(H,47,50)(H,51,52)/t34-,35-/m0/s1. The summed E-state index contributed by atoms with van der Waals surface area (Å²) in [4.78, 5) is 41.4. The van der Waals surface area contributed by atoms with Gasteiger partial charge in [-0.15, -0.1) is 0 Å². The highest BCUT2D eigenvalue weighted by molar-refractivity contribution is 5.91. The number of hydrogen-bond donors (Lipinski definition) is 2. The summed E-state index contributed by atoms with van der Waals surface area (Å²) in [5, 5.41) is 12.7. The summed E-state index contributed by atoms with van der Waals surface area (Å²) in [5.74, 6) is -0.992. The van der Waals surface area contributed by atoms with Gasteiger partial charge in [0, 0.05) is 25.8 Å². The molecule has 8 nitrogen and oxygen atoms in total. The van der Waals surface area contributed by atoms with E-state index in [1.807, 2.05) is 0 Å². The molecule has 2 atom stereocenters. The van der Waals surface area contributed by atoms with E-state index in [2.05, 4.69) is 5.32 Å². The highest BCUT2D eigenvalue weighted by Gasteiger charge is 2.38. The van der Waals surface area contributed by atoms with E-state index in [1.54, 1.807) is 30.3 Å². The van der Waals surface area contributed by atoms with Crippen molar-refractivity contribution in [1.29, 1.82) is 0 Å². The molecular formula is C40H36F6N2O6. The van der Waals surface area contributed by atoms with E-state index in [1.165, 1.54) is 41.3 Å². The van der Waals surface area contributed by atoms with Crippen LogP contribution in [0, 0.1) is 5.92 Å². The lowest BCUT2D eigenvalue weighted by Gasteiger charge is -2.37. The predicted octanol–water partition coefficient (Wildman–Crippen LogP) is 8.95. The molecule has 1 saturated carbocycles. The first-order chi connectivity index (χ1) is 25.6. The van der Waals surface area contributed by atoms with Crippen LogP contribution in [0.15, 0.2) is 91.0 Å². The molecule has 54 heavy (non-hydrogen) atoms. The van der Waals surface area contributed by atoms with Gasteiger partial charge in [0.1, 0.15) is 35.1 Å². The Morgan fingerprint density at radius 1 is 0.722 bits per heavy atom. The second kappa shape index (κ2) is 15.8. The van der Waals surface area contributed by atoms with Crippen LogP contribution in [0.3, 0.4) is 0 Å². The van der Waals surface area contributed by atoms with Gasteiger partial charge in [0.15, 0.2) is 0 Å². The van der Waals surface area contributed by atoms with E-state index in [4.69, 9.17) is 9.47 Å². The number of benzene rings is 4. The Bertz CT molecular complexity index is 1960. The van der Waals surface area contributed by atoms with Gasteiger partial charge in [-0.1, -0.05) is 31.0 Å². The van der Waals surface area contributed by atoms with Crippen molar-refractivity contribution in [2.24, 2.45) is 5.92 Å². The zero-order chi connectivity index (χ0) is 38.6. The van der Waals surface area contributed by atoms with Gasteiger partial charge >= 0.3 is 18.3 Å². The predicted molar refractivity (Wildman–Crippen MR) is 184 cm³/mol. The van der Waals surface area contributed by atoms with Gasteiger partial charge in [0.05, 0.1) is 11.1 Å². The molecule has 2 amide bonds. The number of ether oxygens (including phenoxy) is 2. The second-order valence-corrected chi connectivity index (χ2v) is 13.5. The second-order valence-electron chi connectivity index (χ2n) is 13.5. The average Bonchev–Trinajstić information content (AvgIpc) is 3.64. The highest BCUT2D eigenvalue weighted by Crippen LogP contribution is 2.35. The fourth-order valence-corrected chi connectivity index (χ4v) is 6.79. The van der Waals surface area contributed by atoms with Crippen LogP contribution in [0.2, 0.25) is 0 Å². The maximum absolute atomic E-state index is 13.9. The average molecular weight is 755 g/mol. The number of hydrogen-bond acceptors (Lipinski definition) is 5. The number of halogens is 6. The Balaban J connectivity index is 1.15. The third kappa shape index (κ3) is 9.52. The van der Waals surface area contributed by atoms with Crippen LogP contribution in [0.5, 0.6) is 23.0 Å². The van der Waals surface area contributed by atoms with Crippen molar-refractivity contribution < 1.29 is 55.3 Å². The SMILES string of the molecule is O=C(O)[C@H](Cc1ccc(Oc2ccc(C(F)(F)F)cc2)cc1)NC(=O)[C@@H]1Cc2ccc(Oc3ccc(C(F)(F)F)cc3)cc2CN1C(=O)CC1CCCC1. The van der Waals surface area contributed by atoms with E-state index >= 15 is 0 Å². The van der Waals surface area contributed by atoms with Gasteiger partial charge in [-0.25, -0.2) is 4.79 Å². The molecule has 2 aliphatic rings. The molecule has 284 valence electrons. The summed E-state index contributed by atoms with van der Waals surface area (Å²) >= 11 is 0. The molecule has 0 bridgehead atoms. The van der Waals surface area contributed by atoms with Gasteiger partial charge in [0.25, 0.3) is 0 Å². The van der Waals surface area contributed by atoms with Crippen LogP contribution in [0.4, 0.5) is 26.3 Å². The molecule has 1 fully saturated rings. The Kier molecular flexibility index (Phi) is 11.2. The largest absolute Gasteiger partial charge is 0.480 e. The minimum atomic E-state index is -4.49. The number of nitrogens with one attached hydrogen (secondary N) is 1. The third-order valence-electron chi connectivity index (χ3n) is 9.68. The van der Waals surface area contributed by atoms with E-state index in [-0.39, 0.29) is 49.1 Å². The molecule has 6 rings (SSSR count). The third-order valence-corrected chi connectivity index (χ3v) is 9.68. The minimum Gasteiger partial charge on any atom is -0.480 e. The van der Waals surface area contributed by atoms with Gasteiger partial charge in [-0.05, 0) is 108 Å². The highest BCUT2D eigenvalue weighted by atomic mass is 19.4. The van der Waals surface area contributed by atoms with Crippen molar-refractivity contribution in [1.82, 2.24) is 10.2 Å². The molecule has 4 aromatic rings. The number of carbonyl (C=O) groups excluding carboxylic acids is 2. The lowest BCUT2D eigenvalue weighted by Crippen LogP contribution is -2.56. The van der Waals surface area contributed by atoms with Crippen LogP contribution in [-0.2, 0) is 46.1 Å². The van der Waals surface area contributed by atoms with E-state index < -0.39 is 47.4 Å². The minimum absolute atomic E-state index is 0.0430. The van der Waals surface area contributed by atoms with Crippen LogP contribution in [-0.4, -0.2) is 39.9 Å². The van der Waals surface area contributed by atoms with Gasteiger partial charge in [-0.3, -0.25) is 9.59 Å². The van der Waals surface area contributed by atoms with E-state index in [0.29, 0.717) is 22.6 Å². The summed E-state index contributed by atoms with van der Waals surface area (Å²) < 4.78 is 89.1. The quantitative estimate of drug-likeness (QED) is 0.148. The number of carboxylic acids is 1. The molecular weight excluding hydrogens is 718 g/mol. The van der Waals surface area contributed by atoms with Gasteiger partial charge in [-0.2, -0.15) is 26.3 Å². The number of fused-ring (bicyclic) bond motifs is 1. The summed E-state index contributed by atoms with van der Waals surface area (Å²) in [6.45, 7) is 0.0430. The maximum atomic E-state index is 13.9. The number of amides is 2. The molecule has 4 aromatic carbocycles. The summed E-state index contributed by atoms with van der Waals surface area (Å²) in [5.41, 5.74) is 0.330. The molecule has 14 heteroatoms. The van der Waals surface area contributed by atoms with Crippen LogP contribution >= 0.6 is 0 Å². The van der Waals surface area contributed by atoms with Crippen molar-refractivity contribution in [3.8, 4) is 23.0 Å². The van der Waals surface area contributed by atoms with Crippen LogP contribution < -0.4 is 14.8 Å². The zero-order valence-electron chi connectivity index (χ0n) is 28.8. The van der Waals surface area contributed by atoms with Crippen molar-refractivity contribution in [2.75, 3.05) is 0 Å². The van der Waals surface area contributed by atoms with Gasteiger partial charge in [0.2, 0.25) is 11.8 Å². The van der Waals surface area contributed by atoms with Gasteiger partial charge < -0.3 is 24.8 Å². The smallest absolute Gasteiger partial charge is 0.416 e. The zero-order valence-corrected chi connectivity index (χ0v) is 28.8.